The number of aryl methyl sites for hydroxylation is 1. The van der Waals surface area contributed by atoms with Crippen molar-refractivity contribution in [2.45, 2.75) is 50.7 Å². The molecule has 0 aliphatic carbocycles. The Bertz CT molecular complexity index is 1180. The number of fused-ring (bicyclic) bond motifs is 1. The van der Waals surface area contributed by atoms with Crippen LogP contribution in [0.3, 0.4) is 0 Å². The first kappa shape index (κ1) is 20.1. The van der Waals surface area contributed by atoms with Crippen LogP contribution in [-0.4, -0.2) is 30.7 Å². The summed E-state index contributed by atoms with van der Waals surface area (Å²) >= 11 is 0. The van der Waals surface area contributed by atoms with Gasteiger partial charge in [0.2, 0.25) is 0 Å². The SMILES string of the molecule is Cc1ccc(S(=O)(=O)n2ccc3cc(B4OC(C)(C)C(C)(C)O4)cc(F)c32)cc1. The number of hydrogen-bond donors (Lipinski definition) is 0. The maximum absolute atomic E-state index is 15.1. The second-order valence-electron chi connectivity index (χ2n) is 8.46. The fourth-order valence-corrected chi connectivity index (χ4v) is 4.72. The Morgan fingerprint density at radius 3 is 2.14 bits per heavy atom. The van der Waals surface area contributed by atoms with Crippen molar-refractivity contribution in [1.82, 2.24) is 3.97 Å². The molecule has 5 nitrogen and oxygen atoms in total. The fraction of sp³-hybridized carbons (Fsp3) is 0.333. The predicted molar refractivity (Wildman–Crippen MR) is 111 cm³/mol. The van der Waals surface area contributed by atoms with Crippen LogP contribution < -0.4 is 5.46 Å². The van der Waals surface area contributed by atoms with E-state index >= 15 is 4.39 Å². The zero-order valence-electron chi connectivity index (χ0n) is 17.1. The molecule has 1 fully saturated rings. The van der Waals surface area contributed by atoms with Gasteiger partial charge < -0.3 is 9.31 Å². The van der Waals surface area contributed by atoms with E-state index in [0.29, 0.717) is 10.8 Å². The van der Waals surface area contributed by atoms with Crippen molar-refractivity contribution in [3.63, 3.8) is 0 Å². The first-order valence-electron chi connectivity index (χ1n) is 9.41. The Labute approximate surface area is 170 Å². The summed E-state index contributed by atoms with van der Waals surface area (Å²) in [5, 5.41) is 0.463. The van der Waals surface area contributed by atoms with Crippen molar-refractivity contribution in [3.8, 4) is 0 Å². The third-order valence-corrected chi connectivity index (χ3v) is 7.52. The summed E-state index contributed by atoms with van der Waals surface area (Å²) in [5.41, 5.74) is 0.359. The number of nitrogens with zero attached hydrogens (tertiary/aromatic N) is 1. The summed E-state index contributed by atoms with van der Waals surface area (Å²) in [5.74, 6) is -0.645. The largest absolute Gasteiger partial charge is 0.494 e. The van der Waals surface area contributed by atoms with Gasteiger partial charge >= 0.3 is 7.12 Å². The number of halogens is 1. The van der Waals surface area contributed by atoms with Crippen molar-refractivity contribution in [2.24, 2.45) is 0 Å². The Kier molecular flexibility index (Phi) is 4.46. The Balaban J connectivity index is 1.79. The van der Waals surface area contributed by atoms with E-state index in [1.807, 2.05) is 34.6 Å². The maximum Gasteiger partial charge on any atom is 0.494 e. The lowest BCUT2D eigenvalue weighted by molar-refractivity contribution is 0.00578. The first-order valence-corrected chi connectivity index (χ1v) is 10.8. The highest BCUT2D eigenvalue weighted by molar-refractivity contribution is 7.90. The van der Waals surface area contributed by atoms with Gasteiger partial charge in [-0.15, -0.1) is 0 Å². The van der Waals surface area contributed by atoms with Gasteiger partial charge in [-0.25, -0.2) is 16.8 Å². The average molecular weight is 415 g/mol. The molecule has 2 heterocycles. The van der Waals surface area contributed by atoms with Crippen LogP contribution in [0.5, 0.6) is 0 Å². The van der Waals surface area contributed by atoms with Gasteiger partial charge in [0.05, 0.1) is 21.6 Å². The first-order chi connectivity index (χ1) is 13.4. The molecule has 0 atom stereocenters. The second kappa shape index (κ2) is 6.42. The van der Waals surface area contributed by atoms with Crippen LogP contribution in [0.4, 0.5) is 4.39 Å². The van der Waals surface area contributed by atoms with E-state index in [4.69, 9.17) is 9.31 Å². The highest BCUT2D eigenvalue weighted by atomic mass is 32.2. The van der Waals surface area contributed by atoms with Gasteiger partial charge in [0.1, 0.15) is 5.82 Å². The van der Waals surface area contributed by atoms with Gasteiger partial charge in [0.15, 0.2) is 0 Å². The standard InChI is InChI=1S/C21H23BFNO4S/c1-14-6-8-17(9-7-14)29(25,26)24-11-10-15-12-16(13-18(23)19(15)24)22-27-20(2,3)21(4,5)28-22/h6-13H,1-5H3. The molecule has 0 amide bonds. The van der Waals surface area contributed by atoms with E-state index in [-0.39, 0.29) is 10.4 Å². The van der Waals surface area contributed by atoms with Crippen molar-refractivity contribution < 1.29 is 22.1 Å². The highest BCUT2D eigenvalue weighted by Gasteiger charge is 2.51. The molecule has 0 spiro atoms. The molecule has 1 aliphatic rings. The average Bonchev–Trinajstić information content (AvgIpc) is 3.14. The Morgan fingerprint density at radius 1 is 0.966 bits per heavy atom. The molecule has 0 N–H and O–H groups in total. The molecular weight excluding hydrogens is 392 g/mol. The highest BCUT2D eigenvalue weighted by Crippen LogP contribution is 2.37. The van der Waals surface area contributed by atoms with Gasteiger partial charge in [0.25, 0.3) is 10.0 Å². The van der Waals surface area contributed by atoms with Crippen LogP contribution in [0, 0.1) is 12.7 Å². The maximum atomic E-state index is 15.1. The molecule has 29 heavy (non-hydrogen) atoms. The molecule has 152 valence electrons. The lowest BCUT2D eigenvalue weighted by Gasteiger charge is -2.32. The van der Waals surface area contributed by atoms with Crippen molar-refractivity contribution in [2.75, 3.05) is 0 Å². The third-order valence-electron chi connectivity index (χ3n) is 5.83. The van der Waals surface area contributed by atoms with Crippen LogP contribution in [0.15, 0.2) is 53.6 Å². The van der Waals surface area contributed by atoms with E-state index in [0.717, 1.165) is 9.54 Å². The molecular formula is C21H23BFNO4S. The summed E-state index contributed by atoms with van der Waals surface area (Å²) in [6.45, 7) is 9.57. The van der Waals surface area contributed by atoms with Crippen molar-refractivity contribution in [3.05, 3.63) is 60.0 Å². The Morgan fingerprint density at radius 2 is 1.55 bits per heavy atom. The molecule has 1 aliphatic heterocycles. The lowest BCUT2D eigenvalue weighted by atomic mass is 9.78. The number of aromatic nitrogens is 1. The van der Waals surface area contributed by atoms with Gasteiger partial charge in [-0.05, 0) is 64.3 Å². The molecule has 1 aromatic heterocycles. The third kappa shape index (κ3) is 3.19. The van der Waals surface area contributed by atoms with Crippen molar-refractivity contribution in [1.29, 1.82) is 0 Å². The summed E-state index contributed by atoms with van der Waals surface area (Å²) < 4.78 is 54.1. The van der Waals surface area contributed by atoms with Crippen LogP contribution in [0.1, 0.15) is 33.3 Å². The van der Waals surface area contributed by atoms with Gasteiger partial charge in [-0.1, -0.05) is 23.8 Å². The zero-order valence-corrected chi connectivity index (χ0v) is 17.9. The fourth-order valence-electron chi connectivity index (χ4n) is 3.36. The molecule has 2 aromatic carbocycles. The van der Waals surface area contributed by atoms with E-state index < -0.39 is 34.2 Å². The topological polar surface area (TPSA) is 57.5 Å². The normalized spacial score (nSPS) is 18.5. The van der Waals surface area contributed by atoms with Crippen LogP contribution >= 0.6 is 0 Å². The minimum atomic E-state index is -3.92. The van der Waals surface area contributed by atoms with E-state index in [2.05, 4.69) is 0 Å². The summed E-state index contributed by atoms with van der Waals surface area (Å²) in [6.07, 6.45) is 1.37. The second-order valence-corrected chi connectivity index (χ2v) is 10.3. The van der Waals surface area contributed by atoms with Crippen molar-refractivity contribution >= 4 is 33.5 Å². The number of rotatable bonds is 3. The van der Waals surface area contributed by atoms with Crippen LogP contribution in [0.25, 0.3) is 10.9 Å². The quantitative estimate of drug-likeness (QED) is 0.614. The minimum Gasteiger partial charge on any atom is -0.399 e. The molecule has 0 unspecified atom stereocenters. The van der Waals surface area contributed by atoms with E-state index in [1.54, 1.807) is 24.3 Å². The zero-order chi connectivity index (χ0) is 21.2. The Hall–Kier alpha value is -2.16. The summed E-state index contributed by atoms with van der Waals surface area (Å²) in [6, 6.07) is 11.0. The molecule has 0 bridgehead atoms. The van der Waals surface area contributed by atoms with Gasteiger partial charge in [0, 0.05) is 11.6 Å². The monoisotopic (exact) mass is 415 g/mol. The van der Waals surface area contributed by atoms with Gasteiger partial charge in [-0.3, -0.25) is 0 Å². The molecule has 3 aromatic rings. The molecule has 4 rings (SSSR count). The number of hydrogen-bond acceptors (Lipinski definition) is 4. The van der Waals surface area contributed by atoms with Crippen LogP contribution in [0.2, 0.25) is 0 Å². The van der Waals surface area contributed by atoms with E-state index in [1.165, 1.54) is 24.4 Å². The number of benzene rings is 2. The van der Waals surface area contributed by atoms with E-state index in [9.17, 15) is 8.42 Å². The van der Waals surface area contributed by atoms with Crippen LogP contribution in [-0.2, 0) is 19.3 Å². The smallest absolute Gasteiger partial charge is 0.399 e. The molecule has 0 radical (unpaired) electrons. The molecule has 8 heteroatoms. The van der Waals surface area contributed by atoms with Gasteiger partial charge in [-0.2, -0.15) is 0 Å². The molecule has 0 saturated carbocycles. The molecule has 1 saturated heterocycles. The summed E-state index contributed by atoms with van der Waals surface area (Å²) in [4.78, 5) is 0.107. The minimum absolute atomic E-state index is 0.00541. The predicted octanol–water partition coefficient (Wildman–Crippen LogP) is 3.63. The lowest BCUT2D eigenvalue weighted by Crippen LogP contribution is -2.41. The summed E-state index contributed by atoms with van der Waals surface area (Å²) in [7, 11) is -4.64.